The molecule has 1 aromatic rings. The van der Waals surface area contributed by atoms with E-state index in [4.69, 9.17) is 5.73 Å². The minimum absolute atomic E-state index is 0.0271. The molecule has 1 aromatic carbocycles. The van der Waals surface area contributed by atoms with Gasteiger partial charge in [0, 0.05) is 25.8 Å². The predicted octanol–water partition coefficient (Wildman–Crippen LogP) is 2.64. The number of nitrogens with one attached hydrogen (secondary N) is 1. The van der Waals surface area contributed by atoms with Crippen molar-refractivity contribution in [2.45, 2.75) is 32.6 Å². The van der Waals surface area contributed by atoms with E-state index >= 15 is 0 Å². The van der Waals surface area contributed by atoms with Crippen LogP contribution in [0.5, 0.6) is 0 Å². The van der Waals surface area contributed by atoms with E-state index in [1.54, 1.807) is 6.07 Å². The molecule has 110 valence electrons. The average Bonchev–Trinajstić information content (AvgIpc) is 2.91. The van der Waals surface area contributed by atoms with Crippen molar-refractivity contribution >= 4 is 17.3 Å². The average molecular weight is 275 g/mol. The molecule has 0 aromatic heterocycles. The number of nitrogens with zero attached hydrogens (tertiary/aromatic N) is 1. The Morgan fingerprint density at radius 2 is 2.10 bits per heavy atom. The van der Waals surface area contributed by atoms with Gasteiger partial charge in [0.2, 0.25) is 0 Å². The lowest BCUT2D eigenvalue weighted by molar-refractivity contribution is 0.0956. The van der Waals surface area contributed by atoms with Crippen molar-refractivity contribution < 1.29 is 4.79 Å². The minimum atomic E-state index is -0.0271. The summed E-state index contributed by atoms with van der Waals surface area (Å²) in [6, 6.07) is 5.51. The van der Waals surface area contributed by atoms with Gasteiger partial charge in [-0.05, 0) is 43.9 Å². The van der Waals surface area contributed by atoms with Crippen LogP contribution >= 0.6 is 0 Å². The number of hydrogen-bond donors (Lipinski definition) is 2. The van der Waals surface area contributed by atoms with Crippen LogP contribution in [0.4, 0.5) is 11.4 Å². The fraction of sp³-hybridized carbons (Fsp3) is 0.562. The van der Waals surface area contributed by atoms with Crippen molar-refractivity contribution in [3.05, 3.63) is 23.8 Å². The number of carbonyl (C=O) groups excluding carboxylic acids is 1. The molecular weight excluding hydrogens is 250 g/mol. The molecule has 20 heavy (non-hydrogen) atoms. The van der Waals surface area contributed by atoms with Gasteiger partial charge in [-0.15, -0.1) is 0 Å². The Hall–Kier alpha value is -1.71. The van der Waals surface area contributed by atoms with Gasteiger partial charge in [-0.3, -0.25) is 4.79 Å². The lowest BCUT2D eigenvalue weighted by atomic mass is 10.1. The molecule has 3 N–H and O–H groups in total. The van der Waals surface area contributed by atoms with E-state index in [0.717, 1.165) is 18.2 Å². The Bertz CT molecular complexity index is 467. The Balaban J connectivity index is 2.18. The lowest BCUT2D eigenvalue weighted by Crippen LogP contribution is -2.29. The quantitative estimate of drug-likeness (QED) is 0.812. The molecule has 1 aliphatic carbocycles. The van der Waals surface area contributed by atoms with Crippen molar-refractivity contribution in [2.24, 2.45) is 5.92 Å². The molecule has 4 heteroatoms. The first-order valence-electron chi connectivity index (χ1n) is 7.50. The molecule has 0 saturated heterocycles. The van der Waals surface area contributed by atoms with Gasteiger partial charge in [-0.25, -0.2) is 0 Å². The van der Waals surface area contributed by atoms with Crippen LogP contribution in [-0.2, 0) is 0 Å². The first kappa shape index (κ1) is 14.7. The molecule has 1 fully saturated rings. The molecule has 0 atom stereocenters. The Kier molecular flexibility index (Phi) is 4.88. The molecule has 0 bridgehead atoms. The summed E-state index contributed by atoms with van der Waals surface area (Å²) in [6.45, 7) is 3.56. The maximum absolute atomic E-state index is 12.1. The normalized spacial score (nSPS) is 15.3. The molecule has 0 unspecified atom stereocenters. The number of nitrogen functional groups attached to an aromatic ring is 1. The third-order valence-electron chi connectivity index (χ3n) is 4.02. The number of nitrogens with two attached hydrogens (primary N) is 1. The van der Waals surface area contributed by atoms with Gasteiger partial charge in [0.15, 0.2) is 0 Å². The first-order chi connectivity index (χ1) is 9.61. The second-order valence-corrected chi connectivity index (χ2v) is 5.67. The first-order valence-corrected chi connectivity index (χ1v) is 7.50. The largest absolute Gasteiger partial charge is 0.399 e. The van der Waals surface area contributed by atoms with E-state index in [-0.39, 0.29) is 5.91 Å². The van der Waals surface area contributed by atoms with E-state index < -0.39 is 0 Å². The number of carbonyl (C=O) groups is 1. The summed E-state index contributed by atoms with van der Waals surface area (Å²) in [7, 11) is 2.05. The van der Waals surface area contributed by atoms with Gasteiger partial charge in [-0.2, -0.15) is 0 Å². The van der Waals surface area contributed by atoms with Crippen LogP contribution in [0, 0.1) is 5.92 Å². The number of amides is 1. The molecule has 0 aliphatic heterocycles. The van der Waals surface area contributed by atoms with Gasteiger partial charge in [0.1, 0.15) is 0 Å². The molecule has 4 nitrogen and oxygen atoms in total. The van der Waals surface area contributed by atoms with Crippen LogP contribution in [0.25, 0.3) is 0 Å². The number of anilines is 2. The van der Waals surface area contributed by atoms with E-state index in [2.05, 4.69) is 17.3 Å². The summed E-state index contributed by atoms with van der Waals surface area (Å²) in [5.41, 5.74) is 8.23. The smallest absolute Gasteiger partial charge is 0.253 e. The van der Waals surface area contributed by atoms with Gasteiger partial charge >= 0.3 is 0 Å². The van der Waals surface area contributed by atoms with Crippen molar-refractivity contribution in [2.75, 3.05) is 30.8 Å². The van der Waals surface area contributed by atoms with E-state index in [0.29, 0.717) is 17.8 Å². The number of benzene rings is 1. The molecule has 1 saturated carbocycles. The van der Waals surface area contributed by atoms with Crippen LogP contribution < -0.4 is 16.0 Å². The minimum Gasteiger partial charge on any atom is -0.399 e. The van der Waals surface area contributed by atoms with Crippen LogP contribution in [0.1, 0.15) is 43.0 Å². The third-order valence-corrected chi connectivity index (χ3v) is 4.02. The summed E-state index contributed by atoms with van der Waals surface area (Å²) in [4.78, 5) is 14.3. The number of hydrogen-bond acceptors (Lipinski definition) is 3. The van der Waals surface area contributed by atoms with Crippen LogP contribution in [-0.4, -0.2) is 26.0 Å². The van der Waals surface area contributed by atoms with Crippen molar-refractivity contribution in [3.63, 3.8) is 0 Å². The highest BCUT2D eigenvalue weighted by atomic mass is 16.1. The number of rotatable bonds is 5. The summed E-state index contributed by atoms with van der Waals surface area (Å²) >= 11 is 0. The van der Waals surface area contributed by atoms with Crippen molar-refractivity contribution in [3.8, 4) is 0 Å². The van der Waals surface area contributed by atoms with Gasteiger partial charge < -0.3 is 16.0 Å². The SMILES string of the molecule is CCNC(=O)c1ccc(N)cc1N(C)CC1CCCC1. The molecule has 0 spiro atoms. The van der Waals surface area contributed by atoms with Crippen LogP contribution in [0.3, 0.4) is 0 Å². The molecule has 1 aliphatic rings. The highest BCUT2D eigenvalue weighted by Crippen LogP contribution is 2.29. The van der Waals surface area contributed by atoms with Crippen LogP contribution in [0.15, 0.2) is 18.2 Å². The summed E-state index contributed by atoms with van der Waals surface area (Å²) in [5, 5.41) is 2.86. The maximum atomic E-state index is 12.1. The van der Waals surface area contributed by atoms with Crippen molar-refractivity contribution in [1.82, 2.24) is 5.32 Å². The van der Waals surface area contributed by atoms with E-state index in [9.17, 15) is 4.79 Å². The zero-order valence-electron chi connectivity index (χ0n) is 12.5. The van der Waals surface area contributed by atoms with Gasteiger partial charge in [-0.1, -0.05) is 12.8 Å². The van der Waals surface area contributed by atoms with E-state index in [1.165, 1.54) is 25.7 Å². The molecule has 2 rings (SSSR count). The Morgan fingerprint density at radius 1 is 1.40 bits per heavy atom. The highest BCUT2D eigenvalue weighted by molar-refractivity contribution is 6.00. The molecule has 1 amide bonds. The second-order valence-electron chi connectivity index (χ2n) is 5.67. The third kappa shape index (κ3) is 3.44. The lowest BCUT2D eigenvalue weighted by Gasteiger charge is -2.25. The van der Waals surface area contributed by atoms with E-state index in [1.807, 2.05) is 19.1 Å². The monoisotopic (exact) mass is 275 g/mol. The Labute approximate surface area is 121 Å². The fourth-order valence-corrected chi connectivity index (χ4v) is 2.99. The maximum Gasteiger partial charge on any atom is 0.253 e. The summed E-state index contributed by atoms with van der Waals surface area (Å²) in [6.07, 6.45) is 5.25. The second kappa shape index (κ2) is 6.64. The van der Waals surface area contributed by atoms with Gasteiger partial charge in [0.05, 0.1) is 11.3 Å². The fourth-order valence-electron chi connectivity index (χ4n) is 2.99. The van der Waals surface area contributed by atoms with Gasteiger partial charge in [0.25, 0.3) is 5.91 Å². The zero-order chi connectivity index (χ0) is 14.5. The molecule has 0 heterocycles. The topological polar surface area (TPSA) is 58.4 Å². The zero-order valence-corrected chi connectivity index (χ0v) is 12.5. The standard InChI is InChI=1S/C16H25N3O/c1-3-18-16(20)14-9-8-13(17)10-15(14)19(2)11-12-6-4-5-7-12/h8-10,12H,3-7,11,17H2,1-2H3,(H,18,20). The molecule has 0 radical (unpaired) electrons. The highest BCUT2D eigenvalue weighted by Gasteiger charge is 2.20. The Morgan fingerprint density at radius 3 is 2.75 bits per heavy atom. The van der Waals surface area contributed by atoms with Crippen molar-refractivity contribution in [1.29, 1.82) is 0 Å². The van der Waals surface area contributed by atoms with Crippen LogP contribution in [0.2, 0.25) is 0 Å². The summed E-state index contributed by atoms with van der Waals surface area (Å²) in [5.74, 6) is 0.712. The predicted molar refractivity (Wildman–Crippen MR) is 84.1 cm³/mol. The summed E-state index contributed by atoms with van der Waals surface area (Å²) < 4.78 is 0. The molecular formula is C16H25N3O.